The van der Waals surface area contributed by atoms with Crippen molar-refractivity contribution in [2.45, 2.75) is 58.4 Å². The molecule has 2 unspecified atom stereocenters. The molecule has 2 rings (SSSR count). The maximum Gasteiger partial charge on any atom is 0.0112 e. The molecule has 0 aliphatic heterocycles. The Morgan fingerprint density at radius 3 is 2.44 bits per heavy atom. The second-order valence-corrected chi connectivity index (χ2v) is 6.88. The molecule has 1 nitrogen and oxygen atoms in total. The molecule has 1 aliphatic carbocycles. The SMILES string of the molecule is CCC1CC1(CNC(C)(C)C)c1ccccc1C. The van der Waals surface area contributed by atoms with E-state index in [1.54, 1.807) is 5.56 Å². The number of benzene rings is 1. The predicted octanol–water partition coefficient (Wildman–Crippen LogP) is 4.05. The van der Waals surface area contributed by atoms with Crippen LogP contribution < -0.4 is 5.32 Å². The van der Waals surface area contributed by atoms with Crippen molar-refractivity contribution < 1.29 is 0 Å². The van der Waals surface area contributed by atoms with Gasteiger partial charge >= 0.3 is 0 Å². The van der Waals surface area contributed by atoms with Crippen molar-refractivity contribution in [2.24, 2.45) is 5.92 Å². The number of hydrogen-bond donors (Lipinski definition) is 1. The Kier molecular flexibility index (Phi) is 3.55. The van der Waals surface area contributed by atoms with E-state index in [2.05, 4.69) is 64.2 Å². The largest absolute Gasteiger partial charge is 0.311 e. The van der Waals surface area contributed by atoms with Crippen molar-refractivity contribution in [3.8, 4) is 0 Å². The zero-order valence-electron chi connectivity index (χ0n) is 12.5. The lowest BCUT2D eigenvalue weighted by molar-refractivity contribution is 0.387. The van der Waals surface area contributed by atoms with Gasteiger partial charge < -0.3 is 5.32 Å². The van der Waals surface area contributed by atoms with E-state index >= 15 is 0 Å². The maximum absolute atomic E-state index is 3.71. The molecule has 1 saturated carbocycles. The van der Waals surface area contributed by atoms with E-state index in [9.17, 15) is 0 Å². The van der Waals surface area contributed by atoms with Crippen LogP contribution in [0.5, 0.6) is 0 Å². The standard InChI is InChI=1S/C17H27N/c1-6-14-11-17(14,12-18-16(3,4)5)15-10-8-7-9-13(15)2/h7-10,14,18H,6,11-12H2,1-5H3. The lowest BCUT2D eigenvalue weighted by Gasteiger charge is -2.27. The zero-order valence-corrected chi connectivity index (χ0v) is 12.5. The maximum atomic E-state index is 3.71. The summed E-state index contributed by atoms with van der Waals surface area (Å²) in [5.41, 5.74) is 3.61. The highest BCUT2D eigenvalue weighted by atomic mass is 15.0. The molecule has 0 bridgehead atoms. The average molecular weight is 245 g/mol. The van der Waals surface area contributed by atoms with Crippen molar-refractivity contribution >= 4 is 0 Å². The highest BCUT2D eigenvalue weighted by Crippen LogP contribution is 2.56. The van der Waals surface area contributed by atoms with E-state index in [-0.39, 0.29) is 5.54 Å². The minimum Gasteiger partial charge on any atom is -0.311 e. The Bertz CT molecular complexity index is 416. The van der Waals surface area contributed by atoms with Crippen LogP contribution in [-0.4, -0.2) is 12.1 Å². The van der Waals surface area contributed by atoms with Gasteiger partial charge in [0.15, 0.2) is 0 Å². The van der Waals surface area contributed by atoms with Gasteiger partial charge in [0.25, 0.3) is 0 Å². The average Bonchev–Trinajstić information content (AvgIpc) is 3.01. The highest BCUT2D eigenvalue weighted by Gasteiger charge is 2.54. The van der Waals surface area contributed by atoms with Crippen LogP contribution in [0.15, 0.2) is 24.3 Å². The number of aryl methyl sites for hydroxylation is 1. The van der Waals surface area contributed by atoms with E-state index in [4.69, 9.17) is 0 Å². The van der Waals surface area contributed by atoms with Crippen LogP contribution in [0.2, 0.25) is 0 Å². The summed E-state index contributed by atoms with van der Waals surface area (Å²) in [6.45, 7) is 12.4. The second-order valence-electron chi connectivity index (χ2n) is 6.88. The summed E-state index contributed by atoms with van der Waals surface area (Å²) >= 11 is 0. The monoisotopic (exact) mass is 245 g/mol. The van der Waals surface area contributed by atoms with Gasteiger partial charge in [0, 0.05) is 17.5 Å². The summed E-state index contributed by atoms with van der Waals surface area (Å²) in [5.74, 6) is 0.855. The Labute approximate surface area is 112 Å². The molecule has 0 amide bonds. The fourth-order valence-electron chi connectivity index (χ4n) is 3.11. The van der Waals surface area contributed by atoms with Gasteiger partial charge in [-0.05, 0) is 51.2 Å². The van der Waals surface area contributed by atoms with Crippen LogP contribution in [0.1, 0.15) is 51.7 Å². The molecule has 2 atom stereocenters. The fourth-order valence-corrected chi connectivity index (χ4v) is 3.11. The minimum absolute atomic E-state index is 0.205. The topological polar surface area (TPSA) is 12.0 Å². The summed E-state index contributed by atoms with van der Waals surface area (Å²) in [6, 6.07) is 8.91. The second kappa shape index (κ2) is 4.70. The molecular weight excluding hydrogens is 218 g/mol. The molecule has 0 saturated heterocycles. The van der Waals surface area contributed by atoms with Crippen molar-refractivity contribution in [1.29, 1.82) is 0 Å². The van der Waals surface area contributed by atoms with Gasteiger partial charge in [0.1, 0.15) is 0 Å². The van der Waals surface area contributed by atoms with E-state index in [1.165, 1.54) is 18.4 Å². The van der Waals surface area contributed by atoms with Crippen LogP contribution in [0.25, 0.3) is 0 Å². The lowest BCUT2D eigenvalue weighted by Crippen LogP contribution is -2.41. The van der Waals surface area contributed by atoms with E-state index in [0.717, 1.165) is 12.5 Å². The van der Waals surface area contributed by atoms with Crippen molar-refractivity contribution in [3.05, 3.63) is 35.4 Å². The Morgan fingerprint density at radius 2 is 1.94 bits per heavy atom. The molecule has 1 heteroatoms. The molecule has 18 heavy (non-hydrogen) atoms. The van der Waals surface area contributed by atoms with Crippen LogP contribution in [0.4, 0.5) is 0 Å². The highest BCUT2D eigenvalue weighted by molar-refractivity contribution is 5.40. The first kappa shape index (κ1) is 13.6. The fraction of sp³-hybridized carbons (Fsp3) is 0.647. The summed E-state index contributed by atoms with van der Waals surface area (Å²) in [5, 5.41) is 3.71. The van der Waals surface area contributed by atoms with Gasteiger partial charge in [0.05, 0.1) is 0 Å². The number of rotatable bonds is 4. The van der Waals surface area contributed by atoms with Crippen LogP contribution in [0.3, 0.4) is 0 Å². The molecule has 1 N–H and O–H groups in total. The first-order valence-corrected chi connectivity index (χ1v) is 7.20. The number of hydrogen-bond acceptors (Lipinski definition) is 1. The van der Waals surface area contributed by atoms with Gasteiger partial charge in [-0.3, -0.25) is 0 Å². The lowest BCUT2D eigenvalue weighted by atomic mass is 9.88. The summed E-state index contributed by atoms with van der Waals surface area (Å²) in [7, 11) is 0. The van der Waals surface area contributed by atoms with E-state index in [0.29, 0.717) is 5.41 Å². The van der Waals surface area contributed by atoms with Crippen molar-refractivity contribution in [3.63, 3.8) is 0 Å². The third-order valence-corrected chi connectivity index (χ3v) is 4.34. The Hall–Kier alpha value is -0.820. The molecule has 1 aromatic rings. The minimum atomic E-state index is 0.205. The van der Waals surface area contributed by atoms with E-state index in [1.807, 2.05) is 0 Å². The third-order valence-electron chi connectivity index (χ3n) is 4.34. The first-order chi connectivity index (χ1) is 8.39. The quantitative estimate of drug-likeness (QED) is 0.844. The van der Waals surface area contributed by atoms with Crippen molar-refractivity contribution in [2.75, 3.05) is 6.54 Å². The molecule has 0 heterocycles. The van der Waals surface area contributed by atoms with E-state index < -0.39 is 0 Å². The van der Waals surface area contributed by atoms with Gasteiger partial charge in [-0.15, -0.1) is 0 Å². The molecule has 0 aromatic heterocycles. The summed E-state index contributed by atoms with van der Waals surface area (Å²) < 4.78 is 0. The number of nitrogens with one attached hydrogen (secondary N) is 1. The van der Waals surface area contributed by atoms with Crippen molar-refractivity contribution in [1.82, 2.24) is 5.32 Å². The smallest absolute Gasteiger partial charge is 0.0112 e. The van der Waals surface area contributed by atoms with Crippen LogP contribution in [0, 0.1) is 12.8 Å². The molecule has 100 valence electrons. The van der Waals surface area contributed by atoms with Gasteiger partial charge in [0.2, 0.25) is 0 Å². The first-order valence-electron chi connectivity index (χ1n) is 7.20. The Morgan fingerprint density at radius 1 is 1.28 bits per heavy atom. The molecular formula is C17H27N. The molecule has 0 spiro atoms. The molecule has 0 radical (unpaired) electrons. The molecule has 1 aromatic carbocycles. The van der Waals surface area contributed by atoms with Crippen LogP contribution >= 0.6 is 0 Å². The molecule has 1 fully saturated rings. The molecule has 1 aliphatic rings. The van der Waals surface area contributed by atoms with Crippen LogP contribution in [-0.2, 0) is 5.41 Å². The third kappa shape index (κ3) is 2.61. The normalized spacial score (nSPS) is 27.3. The Balaban J connectivity index is 2.22. The zero-order chi connectivity index (χ0) is 13.4. The summed E-state index contributed by atoms with van der Waals surface area (Å²) in [4.78, 5) is 0. The summed E-state index contributed by atoms with van der Waals surface area (Å²) in [6.07, 6.45) is 2.64. The predicted molar refractivity (Wildman–Crippen MR) is 79.0 cm³/mol. The van der Waals surface area contributed by atoms with Gasteiger partial charge in [-0.25, -0.2) is 0 Å². The van der Waals surface area contributed by atoms with Gasteiger partial charge in [-0.1, -0.05) is 37.6 Å². The van der Waals surface area contributed by atoms with Gasteiger partial charge in [-0.2, -0.15) is 0 Å².